The number of aldehydes is 1. The number of ether oxygens (including phenoxy) is 1. The Kier molecular flexibility index (Phi) is 4.36. The molecule has 2 amide bonds. The topological polar surface area (TPSA) is 80.8 Å². The molecule has 7 rings (SSSR count). The summed E-state index contributed by atoms with van der Waals surface area (Å²) in [6, 6.07) is 21.5. The van der Waals surface area contributed by atoms with Gasteiger partial charge in [0.2, 0.25) is 11.8 Å². The maximum absolute atomic E-state index is 13.9. The highest BCUT2D eigenvalue weighted by Crippen LogP contribution is 2.63. The van der Waals surface area contributed by atoms with Crippen LogP contribution in [0, 0.1) is 11.8 Å². The van der Waals surface area contributed by atoms with Crippen LogP contribution in [0.4, 0.5) is 5.69 Å². The molecule has 6 nitrogen and oxygen atoms in total. The van der Waals surface area contributed by atoms with E-state index in [0.29, 0.717) is 11.3 Å². The van der Waals surface area contributed by atoms with Gasteiger partial charge in [0.1, 0.15) is 6.29 Å². The van der Waals surface area contributed by atoms with Crippen LogP contribution in [0.15, 0.2) is 72.8 Å². The Morgan fingerprint density at radius 2 is 1.50 bits per heavy atom. The molecule has 0 aromatic heterocycles. The number of rotatable bonds is 4. The maximum Gasteiger partial charge on any atom is 0.338 e. The molecule has 0 N–H and O–H groups in total. The van der Waals surface area contributed by atoms with Crippen LogP contribution < -0.4 is 4.90 Å². The smallest absolute Gasteiger partial charge is 0.338 e. The van der Waals surface area contributed by atoms with E-state index in [-0.39, 0.29) is 24.3 Å². The van der Waals surface area contributed by atoms with Crippen LogP contribution in [0.1, 0.15) is 45.5 Å². The fourth-order valence-corrected chi connectivity index (χ4v) is 6.25. The lowest BCUT2D eigenvalue weighted by Crippen LogP contribution is -2.54. The minimum Gasteiger partial charge on any atom is -0.462 e. The van der Waals surface area contributed by atoms with Gasteiger partial charge in [-0.05, 0) is 53.4 Å². The van der Waals surface area contributed by atoms with Gasteiger partial charge in [-0.2, -0.15) is 0 Å². The number of esters is 1. The van der Waals surface area contributed by atoms with E-state index in [4.69, 9.17) is 4.74 Å². The Morgan fingerprint density at radius 3 is 2.06 bits per heavy atom. The van der Waals surface area contributed by atoms with E-state index in [9.17, 15) is 19.2 Å². The lowest BCUT2D eigenvalue weighted by Gasteiger charge is -2.51. The minimum atomic E-state index is -1.22. The van der Waals surface area contributed by atoms with Gasteiger partial charge >= 0.3 is 5.97 Å². The molecule has 0 saturated carbocycles. The first-order valence-electron chi connectivity index (χ1n) is 11.3. The zero-order valence-corrected chi connectivity index (χ0v) is 18.4. The molecule has 2 atom stereocenters. The summed E-state index contributed by atoms with van der Waals surface area (Å²) < 4.78 is 5.02. The molecule has 1 saturated heterocycles. The predicted octanol–water partition coefficient (Wildman–Crippen LogP) is 3.61. The number of imide groups is 1. The van der Waals surface area contributed by atoms with Gasteiger partial charge in [0, 0.05) is 5.92 Å². The monoisotopic (exact) mass is 451 g/mol. The number of benzene rings is 3. The van der Waals surface area contributed by atoms with E-state index in [0.717, 1.165) is 28.5 Å². The van der Waals surface area contributed by atoms with Crippen LogP contribution in [-0.4, -0.2) is 30.7 Å². The fraction of sp³-hybridized carbons (Fsp3) is 0.214. The van der Waals surface area contributed by atoms with E-state index >= 15 is 0 Å². The summed E-state index contributed by atoms with van der Waals surface area (Å²) in [6.45, 7) is 1.98. The van der Waals surface area contributed by atoms with E-state index in [1.165, 1.54) is 4.90 Å². The molecule has 4 aliphatic rings. The Balaban J connectivity index is 1.51. The average molecular weight is 451 g/mol. The molecule has 0 radical (unpaired) electrons. The van der Waals surface area contributed by atoms with Crippen LogP contribution in [0.25, 0.3) is 0 Å². The second-order valence-electron chi connectivity index (χ2n) is 8.92. The molecule has 1 aliphatic heterocycles. The zero-order chi connectivity index (χ0) is 23.6. The third-order valence-corrected chi connectivity index (χ3v) is 7.51. The number of carbonyl (C=O) groups is 4. The Morgan fingerprint density at radius 1 is 0.912 bits per heavy atom. The lowest BCUT2D eigenvalue weighted by atomic mass is 9.48. The van der Waals surface area contributed by atoms with Crippen LogP contribution in [0.5, 0.6) is 0 Å². The number of amides is 2. The molecule has 6 heteroatoms. The number of hydrogen-bond donors (Lipinski definition) is 0. The Labute approximate surface area is 196 Å². The normalized spacial score (nSPS) is 26.0. The highest BCUT2D eigenvalue weighted by molar-refractivity contribution is 6.24. The summed E-state index contributed by atoms with van der Waals surface area (Å²) in [5.74, 6) is -2.98. The quantitative estimate of drug-likeness (QED) is 0.344. The third-order valence-electron chi connectivity index (χ3n) is 7.51. The first-order valence-corrected chi connectivity index (χ1v) is 11.3. The zero-order valence-electron chi connectivity index (χ0n) is 18.4. The van der Waals surface area contributed by atoms with Crippen LogP contribution in [0.2, 0.25) is 0 Å². The largest absolute Gasteiger partial charge is 0.462 e. The Hall–Kier alpha value is -4.06. The van der Waals surface area contributed by atoms with Crippen molar-refractivity contribution in [2.75, 3.05) is 11.5 Å². The SMILES string of the molecule is CCOC(=O)c1ccc(N2C(=O)[C@@H]3C4c5ccccc5C(C=O)(c5ccccc54)[C@@H]3C2=O)cc1. The van der Waals surface area contributed by atoms with Crippen LogP contribution in [-0.2, 0) is 24.5 Å². The highest BCUT2D eigenvalue weighted by Gasteiger charge is 2.68. The molecule has 2 bridgehead atoms. The number of carbonyl (C=O) groups excluding carboxylic acids is 4. The molecule has 34 heavy (non-hydrogen) atoms. The van der Waals surface area contributed by atoms with Crippen molar-refractivity contribution in [3.05, 3.63) is 101 Å². The number of nitrogens with zero attached hydrogens (tertiary/aromatic N) is 1. The molecule has 1 heterocycles. The molecule has 0 spiro atoms. The summed E-state index contributed by atoms with van der Waals surface area (Å²) in [5, 5.41) is 0. The van der Waals surface area contributed by atoms with Crippen molar-refractivity contribution in [2.45, 2.75) is 18.3 Å². The van der Waals surface area contributed by atoms with Crippen molar-refractivity contribution in [1.82, 2.24) is 0 Å². The van der Waals surface area contributed by atoms with Gasteiger partial charge in [0.15, 0.2) is 0 Å². The maximum atomic E-state index is 13.9. The Bertz CT molecular complexity index is 1330. The molecule has 168 valence electrons. The summed E-state index contributed by atoms with van der Waals surface area (Å²) in [5.41, 5.74) is 2.95. The highest BCUT2D eigenvalue weighted by atomic mass is 16.5. The van der Waals surface area contributed by atoms with E-state index < -0.39 is 23.2 Å². The summed E-state index contributed by atoms with van der Waals surface area (Å²) in [6.07, 6.45) is 0.857. The van der Waals surface area contributed by atoms with Gasteiger partial charge in [-0.3, -0.25) is 9.59 Å². The minimum absolute atomic E-state index is 0.253. The van der Waals surface area contributed by atoms with E-state index in [2.05, 4.69) is 0 Å². The van der Waals surface area contributed by atoms with Crippen molar-refractivity contribution < 1.29 is 23.9 Å². The lowest BCUT2D eigenvalue weighted by molar-refractivity contribution is -0.128. The van der Waals surface area contributed by atoms with Crippen molar-refractivity contribution >= 4 is 29.8 Å². The number of hydrogen-bond acceptors (Lipinski definition) is 5. The van der Waals surface area contributed by atoms with Crippen molar-refractivity contribution in [1.29, 1.82) is 0 Å². The molecular weight excluding hydrogens is 430 g/mol. The second-order valence-corrected chi connectivity index (χ2v) is 8.92. The molecule has 3 aromatic rings. The first-order chi connectivity index (χ1) is 16.5. The van der Waals surface area contributed by atoms with Crippen LogP contribution >= 0.6 is 0 Å². The third kappa shape index (κ3) is 2.40. The van der Waals surface area contributed by atoms with E-state index in [1.807, 2.05) is 48.5 Å². The molecular formula is C28H21NO5. The van der Waals surface area contributed by atoms with Gasteiger partial charge in [0.05, 0.1) is 35.1 Å². The molecule has 1 fully saturated rings. The standard InChI is InChI=1S/C28H21NO5/c1-2-34-27(33)16-11-13-17(14-12-16)29-25(31)23-22-18-7-3-5-9-20(18)28(15-30,24(23)26(29)32)21-10-6-4-8-19(21)22/h3-15,22-24H,2H2,1H3/t22?,23-,24+,28?/m1/s1. The first kappa shape index (κ1) is 20.5. The van der Waals surface area contributed by atoms with Gasteiger partial charge in [-0.15, -0.1) is 0 Å². The fourth-order valence-electron chi connectivity index (χ4n) is 6.25. The van der Waals surface area contributed by atoms with Crippen molar-refractivity contribution in [3.8, 4) is 0 Å². The summed E-state index contributed by atoms with van der Waals surface area (Å²) >= 11 is 0. The average Bonchev–Trinajstić information content (AvgIpc) is 3.15. The van der Waals surface area contributed by atoms with Crippen molar-refractivity contribution in [2.24, 2.45) is 11.8 Å². The number of anilines is 1. The van der Waals surface area contributed by atoms with Crippen LogP contribution in [0.3, 0.4) is 0 Å². The predicted molar refractivity (Wildman–Crippen MR) is 123 cm³/mol. The van der Waals surface area contributed by atoms with Gasteiger partial charge in [-0.25, -0.2) is 9.69 Å². The van der Waals surface area contributed by atoms with Gasteiger partial charge < -0.3 is 9.53 Å². The van der Waals surface area contributed by atoms with Gasteiger partial charge in [-0.1, -0.05) is 48.5 Å². The molecule has 0 unspecified atom stereocenters. The van der Waals surface area contributed by atoms with E-state index in [1.54, 1.807) is 31.2 Å². The summed E-state index contributed by atoms with van der Waals surface area (Å²) in [7, 11) is 0. The summed E-state index contributed by atoms with van der Waals surface area (Å²) in [4.78, 5) is 53.9. The molecule has 3 aromatic carbocycles. The van der Waals surface area contributed by atoms with Crippen molar-refractivity contribution in [3.63, 3.8) is 0 Å². The molecule has 3 aliphatic carbocycles. The van der Waals surface area contributed by atoms with Gasteiger partial charge in [0.25, 0.3) is 0 Å². The second kappa shape index (κ2) is 7.22.